The lowest BCUT2D eigenvalue weighted by molar-refractivity contribution is -0.141. The molecule has 1 aromatic rings. The Hall–Kier alpha value is -2.04. The fraction of sp³-hybridized carbons (Fsp3) is 0.500. The van der Waals surface area contributed by atoms with E-state index in [4.69, 9.17) is 5.11 Å². The van der Waals surface area contributed by atoms with Gasteiger partial charge in [-0.3, -0.25) is 4.79 Å². The number of carbonyl (C=O) groups excluding carboxylic acids is 1. The van der Waals surface area contributed by atoms with Crippen LogP contribution < -0.4 is 0 Å². The quantitative estimate of drug-likeness (QED) is 0.876. The molecule has 0 aromatic heterocycles. The second kappa shape index (κ2) is 7.67. The monoisotopic (exact) mass is 292 g/mol. The maximum atomic E-state index is 12.4. The van der Waals surface area contributed by atoms with E-state index in [2.05, 4.69) is 0 Å². The topological polar surface area (TPSA) is 60.9 Å². The number of carbonyl (C=O) groups is 2. The van der Waals surface area contributed by atoms with Crippen molar-refractivity contribution in [1.29, 1.82) is 0 Å². The zero-order chi connectivity index (χ0) is 16.0. The SMILES string of the molecule is CCN(CC(C)C(=O)O)C(=O)N(C)Cc1ccc(C)cc1. The van der Waals surface area contributed by atoms with Crippen LogP contribution in [0.25, 0.3) is 0 Å². The number of rotatable bonds is 6. The molecule has 1 atom stereocenters. The second-order valence-electron chi connectivity index (χ2n) is 5.40. The molecule has 21 heavy (non-hydrogen) atoms. The van der Waals surface area contributed by atoms with Gasteiger partial charge in [0.05, 0.1) is 5.92 Å². The van der Waals surface area contributed by atoms with Crippen molar-refractivity contribution < 1.29 is 14.7 Å². The molecule has 2 amide bonds. The number of aryl methyl sites for hydroxylation is 1. The third-order valence-corrected chi connectivity index (χ3v) is 3.43. The minimum Gasteiger partial charge on any atom is -0.481 e. The predicted octanol–water partition coefficient (Wildman–Crippen LogP) is 2.59. The zero-order valence-corrected chi connectivity index (χ0v) is 13.2. The molecule has 0 bridgehead atoms. The van der Waals surface area contributed by atoms with Gasteiger partial charge in [-0.25, -0.2) is 4.79 Å². The number of hydrogen-bond donors (Lipinski definition) is 1. The number of benzene rings is 1. The van der Waals surface area contributed by atoms with Crippen molar-refractivity contribution in [1.82, 2.24) is 9.80 Å². The number of urea groups is 1. The van der Waals surface area contributed by atoms with Crippen LogP contribution in [-0.4, -0.2) is 47.0 Å². The van der Waals surface area contributed by atoms with Crippen molar-refractivity contribution in [3.8, 4) is 0 Å². The van der Waals surface area contributed by atoms with E-state index in [-0.39, 0.29) is 12.6 Å². The number of hydrogen-bond acceptors (Lipinski definition) is 2. The minimum absolute atomic E-state index is 0.147. The molecule has 1 N–H and O–H groups in total. The lowest BCUT2D eigenvalue weighted by atomic mass is 10.1. The molecule has 1 rings (SSSR count). The average molecular weight is 292 g/mol. The van der Waals surface area contributed by atoms with E-state index in [1.807, 2.05) is 38.1 Å². The maximum absolute atomic E-state index is 12.4. The number of nitrogens with zero attached hydrogens (tertiary/aromatic N) is 2. The average Bonchev–Trinajstić information content (AvgIpc) is 2.45. The molecule has 0 aliphatic heterocycles. The predicted molar refractivity (Wildman–Crippen MR) is 82.1 cm³/mol. The van der Waals surface area contributed by atoms with Crippen molar-refractivity contribution >= 4 is 12.0 Å². The standard InChI is InChI=1S/C16H24N2O3/c1-5-18(10-13(3)15(19)20)16(21)17(4)11-14-8-6-12(2)7-9-14/h6-9,13H,5,10-11H2,1-4H3,(H,19,20). The summed E-state index contributed by atoms with van der Waals surface area (Å²) in [5.74, 6) is -1.45. The molecule has 0 heterocycles. The summed E-state index contributed by atoms with van der Waals surface area (Å²) in [7, 11) is 1.73. The third-order valence-electron chi connectivity index (χ3n) is 3.43. The molecule has 0 saturated carbocycles. The number of carboxylic acids is 1. The van der Waals surface area contributed by atoms with Crippen molar-refractivity contribution in [2.24, 2.45) is 5.92 Å². The first-order chi connectivity index (χ1) is 9.85. The minimum atomic E-state index is -0.887. The smallest absolute Gasteiger partial charge is 0.320 e. The van der Waals surface area contributed by atoms with Gasteiger partial charge >= 0.3 is 12.0 Å². The molecule has 116 valence electrons. The highest BCUT2D eigenvalue weighted by atomic mass is 16.4. The summed E-state index contributed by atoms with van der Waals surface area (Å²) < 4.78 is 0. The van der Waals surface area contributed by atoms with Gasteiger partial charge in [0.1, 0.15) is 0 Å². The summed E-state index contributed by atoms with van der Waals surface area (Å²) in [6.45, 7) is 6.71. The van der Waals surface area contributed by atoms with Crippen LogP contribution >= 0.6 is 0 Å². The fourth-order valence-corrected chi connectivity index (χ4v) is 2.03. The molecule has 1 unspecified atom stereocenters. The summed E-state index contributed by atoms with van der Waals surface area (Å²) in [5.41, 5.74) is 2.23. The van der Waals surface area contributed by atoms with E-state index < -0.39 is 11.9 Å². The van der Waals surface area contributed by atoms with E-state index in [0.29, 0.717) is 13.1 Å². The van der Waals surface area contributed by atoms with Gasteiger partial charge in [-0.2, -0.15) is 0 Å². The van der Waals surface area contributed by atoms with E-state index >= 15 is 0 Å². The highest BCUT2D eigenvalue weighted by Gasteiger charge is 2.21. The van der Waals surface area contributed by atoms with Crippen molar-refractivity contribution in [2.75, 3.05) is 20.1 Å². The molecular formula is C16H24N2O3. The first-order valence-electron chi connectivity index (χ1n) is 7.13. The van der Waals surface area contributed by atoms with Crippen LogP contribution in [0.2, 0.25) is 0 Å². The third kappa shape index (κ3) is 5.10. The van der Waals surface area contributed by atoms with E-state index in [1.165, 1.54) is 5.56 Å². The summed E-state index contributed by atoms with van der Waals surface area (Å²) >= 11 is 0. The van der Waals surface area contributed by atoms with Gasteiger partial charge < -0.3 is 14.9 Å². The summed E-state index contributed by atoms with van der Waals surface area (Å²) in [6.07, 6.45) is 0. The number of amides is 2. The van der Waals surface area contributed by atoms with Crippen LogP contribution in [0.5, 0.6) is 0 Å². The van der Waals surface area contributed by atoms with E-state index in [0.717, 1.165) is 5.56 Å². The van der Waals surface area contributed by atoms with Gasteiger partial charge in [0.2, 0.25) is 0 Å². The Morgan fingerprint density at radius 2 is 1.81 bits per heavy atom. The Bertz CT molecular complexity index is 485. The normalized spacial score (nSPS) is 11.8. The van der Waals surface area contributed by atoms with Gasteiger partial charge in [0.25, 0.3) is 0 Å². The van der Waals surface area contributed by atoms with Gasteiger partial charge in [0.15, 0.2) is 0 Å². The van der Waals surface area contributed by atoms with Gasteiger partial charge in [-0.15, -0.1) is 0 Å². The Balaban J connectivity index is 2.66. The van der Waals surface area contributed by atoms with Gasteiger partial charge in [-0.05, 0) is 19.4 Å². The van der Waals surface area contributed by atoms with Gasteiger partial charge in [0, 0.05) is 26.7 Å². The second-order valence-corrected chi connectivity index (χ2v) is 5.40. The molecule has 0 spiro atoms. The van der Waals surface area contributed by atoms with Crippen LogP contribution in [0.3, 0.4) is 0 Å². The van der Waals surface area contributed by atoms with E-state index in [1.54, 1.807) is 23.8 Å². The van der Waals surface area contributed by atoms with Crippen molar-refractivity contribution in [3.05, 3.63) is 35.4 Å². The fourth-order valence-electron chi connectivity index (χ4n) is 2.03. The Morgan fingerprint density at radius 1 is 1.24 bits per heavy atom. The summed E-state index contributed by atoms with van der Waals surface area (Å²) in [4.78, 5) is 26.5. The van der Waals surface area contributed by atoms with Crippen molar-refractivity contribution in [3.63, 3.8) is 0 Å². The van der Waals surface area contributed by atoms with Gasteiger partial charge in [-0.1, -0.05) is 36.8 Å². The van der Waals surface area contributed by atoms with Crippen LogP contribution in [0.1, 0.15) is 25.0 Å². The first-order valence-corrected chi connectivity index (χ1v) is 7.13. The first kappa shape index (κ1) is 17.0. The van der Waals surface area contributed by atoms with Crippen LogP contribution in [0.15, 0.2) is 24.3 Å². The van der Waals surface area contributed by atoms with Crippen molar-refractivity contribution in [2.45, 2.75) is 27.3 Å². The molecule has 0 saturated heterocycles. The molecule has 0 aliphatic carbocycles. The molecule has 1 aromatic carbocycles. The molecule has 5 heteroatoms. The molecule has 0 radical (unpaired) electrons. The maximum Gasteiger partial charge on any atom is 0.320 e. The highest BCUT2D eigenvalue weighted by Crippen LogP contribution is 2.09. The highest BCUT2D eigenvalue weighted by molar-refractivity contribution is 5.76. The molecular weight excluding hydrogens is 268 g/mol. The zero-order valence-electron chi connectivity index (χ0n) is 13.2. The van der Waals surface area contributed by atoms with Crippen LogP contribution in [0.4, 0.5) is 4.79 Å². The molecule has 5 nitrogen and oxygen atoms in total. The lowest BCUT2D eigenvalue weighted by Gasteiger charge is -2.28. The van der Waals surface area contributed by atoms with E-state index in [9.17, 15) is 9.59 Å². The lowest BCUT2D eigenvalue weighted by Crippen LogP contribution is -2.43. The number of aliphatic carboxylic acids is 1. The Morgan fingerprint density at radius 3 is 2.29 bits per heavy atom. The molecule has 0 fully saturated rings. The largest absolute Gasteiger partial charge is 0.481 e. The molecule has 0 aliphatic rings. The summed E-state index contributed by atoms with van der Waals surface area (Å²) in [6, 6.07) is 7.87. The Labute approximate surface area is 126 Å². The van der Waals surface area contributed by atoms with Crippen LogP contribution in [-0.2, 0) is 11.3 Å². The Kier molecular flexibility index (Phi) is 6.21. The summed E-state index contributed by atoms with van der Waals surface area (Å²) in [5, 5.41) is 8.96. The van der Waals surface area contributed by atoms with Crippen LogP contribution in [0, 0.1) is 12.8 Å². The number of carboxylic acid groups (broad SMARTS) is 1.